The predicted octanol–water partition coefficient (Wildman–Crippen LogP) is 1.56. The van der Waals surface area contributed by atoms with Gasteiger partial charge in [0.2, 0.25) is 5.91 Å². The second kappa shape index (κ2) is 6.41. The number of hydrogen-bond donors (Lipinski definition) is 1. The number of carboxylic acid groups (broad SMARTS) is 1. The van der Waals surface area contributed by atoms with Crippen molar-refractivity contribution in [2.75, 3.05) is 20.2 Å². The number of benzene rings is 1. The van der Waals surface area contributed by atoms with Crippen molar-refractivity contribution >= 4 is 11.9 Å². The Morgan fingerprint density at radius 3 is 2.70 bits per heavy atom. The highest BCUT2D eigenvalue weighted by Gasteiger charge is 2.29. The van der Waals surface area contributed by atoms with Crippen LogP contribution in [-0.4, -0.2) is 42.1 Å². The first kappa shape index (κ1) is 14.4. The van der Waals surface area contributed by atoms with Crippen molar-refractivity contribution in [2.45, 2.75) is 19.3 Å². The Morgan fingerprint density at radius 1 is 1.40 bits per heavy atom. The lowest BCUT2D eigenvalue weighted by molar-refractivity contribution is -0.147. The van der Waals surface area contributed by atoms with Gasteiger partial charge in [0.15, 0.2) is 0 Å². The van der Waals surface area contributed by atoms with Crippen LogP contribution in [0.5, 0.6) is 5.75 Å². The molecule has 0 radical (unpaired) electrons. The van der Waals surface area contributed by atoms with Gasteiger partial charge in [-0.3, -0.25) is 9.59 Å². The van der Waals surface area contributed by atoms with E-state index in [0.717, 1.165) is 17.7 Å². The molecule has 0 aliphatic carbocycles. The van der Waals surface area contributed by atoms with E-state index in [2.05, 4.69) is 0 Å². The highest BCUT2D eigenvalue weighted by Crippen LogP contribution is 2.19. The standard InChI is InChI=1S/C15H19NO4/c1-20-13-5-2-11(3-6-13)8-9-16-10-12(15(18)19)4-7-14(16)17/h2-3,5-6,12H,4,7-10H2,1H3,(H,18,19)/t12-/m1/s1. The topological polar surface area (TPSA) is 66.8 Å². The number of nitrogens with zero attached hydrogens (tertiary/aromatic N) is 1. The van der Waals surface area contributed by atoms with Crippen molar-refractivity contribution in [3.05, 3.63) is 29.8 Å². The van der Waals surface area contributed by atoms with Gasteiger partial charge in [0, 0.05) is 19.5 Å². The average molecular weight is 277 g/mol. The number of ether oxygens (including phenoxy) is 1. The molecule has 0 bridgehead atoms. The van der Waals surface area contributed by atoms with Gasteiger partial charge in [-0.2, -0.15) is 0 Å². The molecular formula is C15H19NO4. The van der Waals surface area contributed by atoms with Crippen LogP contribution in [0.2, 0.25) is 0 Å². The fourth-order valence-corrected chi connectivity index (χ4v) is 2.39. The van der Waals surface area contributed by atoms with E-state index in [1.54, 1.807) is 12.0 Å². The predicted molar refractivity (Wildman–Crippen MR) is 73.6 cm³/mol. The van der Waals surface area contributed by atoms with Gasteiger partial charge >= 0.3 is 5.97 Å². The van der Waals surface area contributed by atoms with Crippen LogP contribution in [0.1, 0.15) is 18.4 Å². The Bertz CT molecular complexity index is 483. The highest BCUT2D eigenvalue weighted by molar-refractivity contribution is 5.80. The van der Waals surface area contributed by atoms with Crippen LogP contribution in [0.4, 0.5) is 0 Å². The van der Waals surface area contributed by atoms with E-state index in [1.807, 2.05) is 24.3 Å². The zero-order valence-electron chi connectivity index (χ0n) is 11.5. The van der Waals surface area contributed by atoms with Gasteiger partial charge in [-0.05, 0) is 30.5 Å². The largest absolute Gasteiger partial charge is 0.497 e. The van der Waals surface area contributed by atoms with E-state index in [4.69, 9.17) is 9.84 Å². The summed E-state index contributed by atoms with van der Waals surface area (Å²) in [6.07, 6.45) is 1.51. The molecule has 1 aliphatic heterocycles. The molecule has 1 N–H and O–H groups in total. The summed E-state index contributed by atoms with van der Waals surface area (Å²) in [6.45, 7) is 0.888. The summed E-state index contributed by atoms with van der Waals surface area (Å²) in [6, 6.07) is 7.69. The molecule has 0 spiro atoms. The summed E-state index contributed by atoms with van der Waals surface area (Å²) >= 11 is 0. The third-order valence-electron chi connectivity index (χ3n) is 3.68. The van der Waals surface area contributed by atoms with Crippen LogP contribution in [0.25, 0.3) is 0 Å². The molecule has 1 atom stereocenters. The van der Waals surface area contributed by atoms with Crippen LogP contribution >= 0.6 is 0 Å². The second-order valence-electron chi connectivity index (χ2n) is 5.01. The maximum absolute atomic E-state index is 11.8. The summed E-state index contributed by atoms with van der Waals surface area (Å²) in [5.74, 6) is -0.389. The van der Waals surface area contributed by atoms with Gasteiger partial charge in [0.25, 0.3) is 0 Å². The van der Waals surface area contributed by atoms with Crippen molar-refractivity contribution < 1.29 is 19.4 Å². The Morgan fingerprint density at radius 2 is 2.10 bits per heavy atom. The minimum absolute atomic E-state index is 0.0519. The molecule has 0 unspecified atom stereocenters. The third kappa shape index (κ3) is 3.50. The van der Waals surface area contributed by atoms with Gasteiger partial charge in [0.05, 0.1) is 13.0 Å². The molecule has 1 saturated heterocycles. The first-order valence-corrected chi connectivity index (χ1v) is 6.73. The average Bonchev–Trinajstić information content (AvgIpc) is 2.46. The number of aliphatic carboxylic acids is 1. The Labute approximate surface area is 118 Å². The molecule has 1 fully saturated rings. The molecule has 1 aromatic carbocycles. The van der Waals surface area contributed by atoms with Crippen molar-refractivity contribution in [3.8, 4) is 5.75 Å². The summed E-state index contributed by atoms with van der Waals surface area (Å²) in [5, 5.41) is 9.03. The smallest absolute Gasteiger partial charge is 0.308 e. The number of carbonyl (C=O) groups excluding carboxylic acids is 1. The van der Waals surface area contributed by atoms with Crippen LogP contribution in [0.3, 0.4) is 0 Å². The molecular weight excluding hydrogens is 258 g/mol. The first-order valence-electron chi connectivity index (χ1n) is 6.73. The molecule has 0 saturated carbocycles. The van der Waals surface area contributed by atoms with Crippen molar-refractivity contribution in [3.63, 3.8) is 0 Å². The molecule has 5 nitrogen and oxygen atoms in total. The van der Waals surface area contributed by atoms with Gasteiger partial charge in [-0.25, -0.2) is 0 Å². The van der Waals surface area contributed by atoms with E-state index >= 15 is 0 Å². The van der Waals surface area contributed by atoms with Gasteiger partial charge in [-0.1, -0.05) is 12.1 Å². The summed E-state index contributed by atoms with van der Waals surface area (Å²) in [5.41, 5.74) is 1.11. The van der Waals surface area contributed by atoms with Crippen LogP contribution in [0, 0.1) is 5.92 Å². The van der Waals surface area contributed by atoms with Gasteiger partial charge in [0.1, 0.15) is 5.75 Å². The first-order chi connectivity index (χ1) is 9.60. The molecule has 2 rings (SSSR count). The molecule has 108 valence electrons. The zero-order valence-corrected chi connectivity index (χ0v) is 11.5. The summed E-state index contributed by atoms with van der Waals surface area (Å²) in [4.78, 5) is 24.5. The normalized spacial score (nSPS) is 18.9. The maximum Gasteiger partial charge on any atom is 0.308 e. The minimum Gasteiger partial charge on any atom is -0.497 e. The molecule has 1 aliphatic rings. The van der Waals surface area contributed by atoms with Crippen molar-refractivity contribution in [2.24, 2.45) is 5.92 Å². The van der Waals surface area contributed by atoms with Crippen LogP contribution in [-0.2, 0) is 16.0 Å². The molecule has 0 aromatic heterocycles. The van der Waals surface area contributed by atoms with Crippen LogP contribution in [0.15, 0.2) is 24.3 Å². The number of amides is 1. The fourth-order valence-electron chi connectivity index (χ4n) is 2.39. The zero-order chi connectivity index (χ0) is 14.5. The number of rotatable bonds is 5. The lowest BCUT2D eigenvalue weighted by Crippen LogP contribution is -2.43. The van der Waals surface area contributed by atoms with Gasteiger partial charge < -0.3 is 14.7 Å². The Balaban J connectivity index is 1.91. The lowest BCUT2D eigenvalue weighted by Gasteiger charge is -2.30. The molecule has 20 heavy (non-hydrogen) atoms. The number of carbonyl (C=O) groups is 2. The van der Waals surface area contributed by atoms with E-state index in [0.29, 0.717) is 25.9 Å². The number of likely N-dealkylation sites (tertiary alicyclic amines) is 1. The maximum atomic E-state index is 11.8. The summed E-state index contributed by atoms with van der Waals surface area (Å²) < 4.78 is 5.09. The van der Waals surface area contributed by atoms with Crippen LogP contribution < -0.4 is 4.74 Å². The third-order valence-corrected chi connectivity index (χ3v) is 3.68. The van der Waals surface area contributed by atoms with Gasteiger partial charge in [-0.15, -0.1) is 0 Å². The molecule has 1 amide bonds. The van der Waals surface area contributed by atoms with Crippen molar-refractivity contribution in [1.29, 1.82) is 0 Å². The van der Waals surface area contributed by atoms with E-state index in [9.17, 15) is 9.59 Å². The molecule has 1 aromatic rings. The van der Waals surface area contributed by atoms with E-state index < -0.39 is 11.9 Å². The number of carboxylic acids is 1. The summed E-state index contributed by atoms with van der Waals surface area (Å²) in [7, 11) is 1.62. The number of methoxy groups -OCH3 is 1. The van der Waals surface area contributed by atoms with Crippen molar-refractivity contribution in [1.82, 2.24) is 4.90 Å². The number of piperidine rings is 1. The lowest BCUT2D eigenvalue weighted by atomic mass is 9.97. The quantitative estimate of drug-likeness (QED) is 0.887. The molecule has 5 heteroatoms. The SMILES string of the molecule is COc1ccc(CCN2C[C@H](C(=O)O)CCC2=O)cc1. The minimum atomic E-state index is -0.813. The Hall–Kier alpha value is -2.04. The Kier molecular flexibility index (Phi) is 4.61. The van der Waals surface area contributed by atoms with E-state index in [1.165, 1.54) is 0 Å². The molecule has 1 heterocycles. The fraction of sp³-hybridized carbons (Fsp3) is 0.467. The monoisotopic (exact) mass is 277 g/mol. The number of hydrogen-bond acceptors (Lipinski definition) is 3. The van der Waals surface area contributed by atoms with E-state index in [-0.39, 0.29) is 5.91 Å². The highest BCUT2D eigenvalue weighted by atomic mass is 16.5. The second-order valence-corrected chi connectivity index (χ2v) is 5.01.